The van der Waals surface area contributed by atoms with E-state index < -0.39 is 0 Å². The molecule has 1 unspecified atom stereocenters. The molecule has 2 heteroatoms. The minimum Gasteiger partial charge on any atom is -0.265 e. The molecule has 1 aromatic rings. The number of halogens is 1. The molecular weight excluding hydrogens is 170 g/mol. The average molecular weight is 186 g/mol. The molecule has 0 spiro atoms. The third kappa shape index (κ3) is 3.22. The fourth-order valence-electron chi connectivity index (χ4n) is 1.29. The molecule has 68 valence electrons. The lowest BCUT2D eigenvalue weighted by Gasteiger charge is -2.08. The highest BCUT2D eigenvalue weighted by Gasteiger charge is 2.01. The Morgan fingerprint density at radius 3 is 2.42 bits per heavy atom. The third-order valence-corrected chi connectivity index (χ3v) is 2.00. The van der Waals surface area contributed by atoms with Crippen LogP contribution in [0.15, 0.2) is 24.5 Å². The van der Waals surface area contributed by atoms with E-state index >= 15 is 0 Å². The molecular formula is C10H16ClN. The third-order valence-electron chi connectivity index (χ3n) is 2.00. The maximum atomic E-state index is 3.99. The summed E-state index contributed by atoms with van der Waals surface area (Å²) in [6.07, 6.45) is 6.25. The van der Waals surface area contributed by atoms with Crippen LogP contribution in [0.1, 0.15) is 38.2 Å². The van der Waals surface area contributed by atoms with Gasteiger partial charge >= 0.3 is 0 Å². The summed E-state index contributed by atoms with van der Waals surface area (Å²) in [5, 5.41) is 0. The van der Waals surface area contributed by atoms with Crippen molar-refractivity contribution in [1.29, 1.82) is 0 Å². The first-order valence-electron chi connectivity index (χ1n) is 4.24. The molecule has 0 saturated heterocycles. The van der Waals surface area contributed by atoms with Crippen molar-refractivity contribution in [2.24, 2.45) is 0 Å². The van der Waals surface area contributed by atoms with Gasteiger partial charge in [-0.05, 0) is 30.0 Å². The van der Waals surface area contributed by atoms with Gasteiger partial charge in [-0.2, -0.15) is 0 Å². The number of nitrogens with zero attached hydrogens (tertiary/aromatic N) is 1. The standard InChI is InChI=1S/C10H15N.ClH/c1-3-4-9(2)10-5-7-11-8-6-10;/h5-9H,3-4H2,1-2H3;1H. The van der Waals surface area contributed by atoms with Crippen molar-refractivity contribution in [3.8, 4) is 0 Å². The first-order valence-corrected chi connectivity index (χ1v) is 4.24. The summed E-state index contributed by atoms with van der Waals surface area (Å²) in [6.45, 7) is 4.48. The van der Waals surface area contributed by atoms with Crippen molar-refractivity contribution in [3.63, 3.8) is 0 Å². The predicted octanol–water partition coefficient (Wildman–Crippen LogP) is 3.41. The smallest absolute Gasteiger partial charge is 0.0270 e. The van der Waals surface area contributed by atoms with E-state index in [9.17, 15) is 0 Å². The Kier molecular flexibility index (Phi) is 5.73. The molecule has 12 heavy (non-hydrogen) atoms. The zero-order valence-corrected chi connectivity index (χ0v) is 8.47. The summed E-state index contributed by atoms with van der Waals surface area (Å²) in [5.74, 6) is 0.683. The Labute approximate surface area is 80.6 Å². The van der Waals surface area contributed by atoms with E-state index in [0.29, 0.717) is 5.92 Å². The van der Waals surface area contributed by atoms with Crippen molar-refractivity contribution >= 4 is 12.4 Å². The highest BCUT2D eigenvalue weighted by molar-refractivity contribution is 5.85. The van der Waals surface area contributed by atoms with E-state index in [0.717, 1.165) is 0 Å². The van der Waals surface area contributed by atoms with Gasteiger partial charge in [0.05, 0.1) is 0 Å². The summed E-state index contributed by atoms with van der Waals surface area (Å²) in [5.41, 5.74) is 1.40. The number of hydrogen-bond donors (Lipinski definition) is 0. The maximum absolute atomic E-state index is 3.99. The second-order valence-corrected chi connectivity index (χ2v) is 2.97. The summed E-state index contributed by atoms with van der Waals surface area (Å²) >= 11 is 0. The van der Waals surface area contributed by atoms with Crippen LogP contribution in [-0.4, -0.2) is 4.98 Å². The SMILES string of the molecule is CCCC(C)c1ccncc1.Cl. The van der Waals surface area contributed by atoms with Crippen LogP contribution in [0.2, 0.25) is 0 Å². The van der Waals surface area contributed by atoms with Gasteiger partial charge in [0, 0.05) is 12.4 Å². The zero-order valence-electron chi connectivity index (χ0n) is 7.66. The Morgan fingerprint density at radius 2 is 1.92 bits per heavy atom. The van der Waals surface area contributed by atoms with Crippen molar-refractivity contribution in [3.05, 3.63) is 30.1 Å². The van der Waals surface area contributed by atoms with Crippen LogP contribution in [0, 0.1) is 0 Å². The fraction of sp³-hybridized carbons (Fsp3) is 0.500. The lowest BCUT2D eigenvalue weighted by atomic mass is 9.98. The average Bonchev–Trinajstić information content (AvgIpc) is 2.07. The van der Waals surface area contributed by atoms with Crippen molar-refractivity contribution < 1.29 is 0 Å². The fourth-order valence-corrected chi connectivity index (χ4v) is 1.29. The first kappa shape index (κ1) is 11.4. The van der Waals surface area contributed by atoms with Crippen molar-refractivity contribution in [2.45, 2.75) is 32.6 Å². The molecule has 1 rings (SSSR count). The summed E-state index contributed by atoms with van der Waals surface area (Å²) in [7, 11) is 0. The Morgan fingerprint density at radius 1 is 1.33 bits per heavy atom. The zero-order chi connectivity index (χ0) is 8.10. The Bertz CT molecular complexity index is 198. The monoisotopic (exact) mass is 185 g/mol. The van der Waals surface area contributed by atoms with E-state index in [-0.39, 0.29) is 12.4 Å². The molecule has 0 aliphatic heterocycles. The second-order valence-electron chi connectivity index (χ2n) is 2.97. The highest BCUT2D eigenvalue weighted by atomic mass is 35.5. The molecule has 1 heterocycles. The van der Waals surface area contributed by atoms with Gasteiger partial charge in [0.15, 0.2) is 0 Å². The van der Waals surface area contributed by atoms with Crippen LogP contribution >= 0.6 is 12.4 Å². The number of hydrogen-bond acceptors (Lipinski definition) is 1. The molecule has 0 fully saturated rings. The number of aromatic nitrogens is 1. The van der Waals surface area contributed by atoms with Crippen LogP contribution in [0.25, 0.3) is 0 Å². The van der Waals surface area contributed by atoms with Gasteiger partial charge in [0.25, 0.3) is 0 Å². The molecule has 0 bridgehead atoms. The molecule has 0 radical (unpaired) electrons. The normalized spacial score (nSPS) is 11.8. The number of rotatable bonds is 3. The maximum Gasteiger partial charge on any atom is 0.0270 e. The van der Waals surface area contributed by atoms with Gasteiger partial charge in [0.1, 0.15) is 0 Å². The minimum atomic E-state index is 0. The Balaban J connectivity index is 0.00000121. The molecule has 1 nitrogen and oxygen atoms in total. The molecule has 0 N–H and O–H groups in total. The lowest BCUT2D eigenvalue weighted by Crippen LogP contribution is -1.91. The van der Waals surface area contributed by atoms with Gasteiger partial charge in [-0.1, -0.05) is 20.3 Å². The number of pyridine rings is 1. The van der Waals surface area contributed by atoms with Crippen molar-refractivity contribution in [2.75, 3.05) is 0 Å². The van der Waals surface area contributed by atoms with Crippen LogP contribution in [0.5, 0.6) is 0 Å². The molecule has 0 aliphatic rings. The van der Waals surface area contributed by atoms with Gasteiger partial charge in [-0.3, -0.25) is 4.98 Å². The minimum absolute atomic E-state index is 0. The van der Waals surface area contributed by atoms with Crippen LogP contribution in [-0.2, 0) is 0 Å². The van der Waals surface area contributed by atoms with Crippen LogP contribution in [0.3, 0.4) is 0 Å². The largest absolute Gasteiger partial charge is 0.265 e. The van der Waals surface area contributed by atoms with Gasteiger partial charge in [-0.15, -0.1) is 12.4 Å². The van der Waals surface area contributed by atoms with Gasteiger partial charge < -0.3 is 0 Å². The van der Waals surface area contributed by atoms with Gasteiger partial charge in [-0.25, -0.2) is 0 Å². The van der Waals surface area contributed by atoms with E-state index in [1.165, 1.54) is 18.4 Å². The molecule has 0 aromatic carbocycles. The molecule has 0 saturated carbocycles. The van der Waals surface area contributed by atoms with Gasteiger partial charge in [0.2, 0.25) is 0 Å². The van der Waals surface area contributed by atoms with E-state index in [1.54, 1.807) is 0 Å². The predicted molar refractivity (Wildman–Crippen MR) is 54.8 cm³/mol. The van der Waals surface area contributed by atoms with E-state index in [4.69, 9.17) is 0 Å². The summed E-state index contributed by atoms with van der Waals surface area (Å²) in [4.78, 5) is 3.99. The van der Waals surface area contributed by atoms with Crippen LogP contribution < -0.4 is 0 Å². The molecule has 1 atom stereocenters. The van der Waals surface area contributed by atoms with Crippen LogP contribution in [0.4, 0.5) is 0 Å². The summed E-state index contributed by atoms with van der Waals surface area (Å²) < 4.78 is 0. The second kappa shape index (κ2) is 6.01. The first-order chi connectivity index (χ1) is 5.34. The lowest BCUT2D eigenvalue weighted by molar-refractivity contribution is 0.664. The quantitative estimate of drug-likeness (QED) is 0.704. The molecule has 0 aliphatic carbocycles. The molecule has 1 aromatic heterocycles. The topological polar surface area (TPSA) is 12.9 Å². The molecule has 0 amide bonds. The van der Waals surface area contributed by atoms with Crippen molar-refractivity contribution in [1.82, 2.24) is 4.98 Å². The van der Waals surface area contributed by atoms with E-state index in [1.807, 2.05) is 12.4 Å². The summed E-state index contributed by atoms with van der Waals surface area (Å²) in [6, 6.07) is 4.20. The Hall–Kier alpha value is -0.560. The highest BCUT2D eigenvalue weighted by Crippen LogP contribution is 2.18. The van der Waals surface area contributed by atoms with E-state index in [2.05, 4.69) is 31.0 Å².